The zero-order chi connectivity index (χ0) is 18.3. The van der Waals surface area contributed by atoms with E-state index in [0.717, 1.165) is 22.0 Å². The van der Waals surface area contributed by atoms with Crippen LogP contribution in [0, 0.1) is 10.1 Å². The number of anilines is 1. The van der Waals surface area contributed by atoms with Crippen molar-refractivity contribution in [2.75, 3.05) is 18.5 Å². The fourth-order valence-corrected chi connectivity index (χ4v) is 3.93. The van der Waals surface area contributed by atoms with E-state index >= 15 is 0 Å². The summed E-state index contributed by atoms with van der Waals surface area (Å²) in [4.78, 5) is 26.9. The molecule has 3 aromatic rings. The molecule has 4 rings (SSSR count). The van der Waals surface area contributed by atoms with Gasteiger partial charge >= 0.3 is 5.54 Å². The average Bonchev–Trinajstić information content (AvgIpc) is 2.79. The van der Waals surface area contributed by atoms with Crippen molar-refractivity contribution in [3.63, 3.8) is 0 Å². The van der Waals surface area contributed by atoms with Gasteiger partial charge in [0.05, 0.1) is 13.0 Å². The Morgan fingerprint density at radius 1 is 1.04 bits per heavy atom. The second kappa shape index (κ2) is 5.95. The van der Waals surface area contributed by atoms with Gasteiger partial charge in [-0.1, -0.05) is 60.7 Å². The SMILES string of the molecule is CN1CC(C(=O)c2ccccc2)([N+](=O)[O-])Cc2cccc3cccc1c23. The van der Waals surface area contributed by atoms with E-state index in [2.05, 4.69) is 0 Å². The van der Waals surface area contributed by atoms with Gasteiger partial charge in [0.15, 0.2) is 0 Å². The molecule has 0 spiro atoms. The normalized spacial score (nSPS) is 19.2. The second-order valence-electron chi connectivity index (χ2n) is 6.81. The number of nitro groups is 1. The first-order chi connectivity index (χ1) is 12.5. The van der Waals surface area contributed by atoms with Gasteiger partial charge in [0, 0.05) is 28.6 Å². The zero-order valence-electron chi connectivity index (χ0n) is 14.4. The first-order valence-electron chi connectivity index (χ1n) is 8.49. The Balaban J connectivity index is 1.93. The van der Waals surface area contributed by atoms with Crippen LogP contribution in [0.3, 0.4) is 0 Å². The highest BCUT2D eigenvalue weighted by atomic mass is 16.6. The zero-order valence-corrected chi connectivity index (χ0v) is 14.4. The van der Waals surface area contributed by atoms with Gasteiger partial charge in [0.2, 0.25) is 5.78 Å². The van der Waals surface area contributed by atoms with Crippen molar-refractivity contribution in [2.45, 2.75) is 12.0 Å². The van der Waals surface area contributed by atoms with Crippen molar-refractivity contribution in [2.24, 2.45) is 0 Å². The summed E-state index contributed by atoms with van der Waals surface area (Å²) in [7, 11) is 1.81. The first kappa shape index (κ1) is 16.3. The number of ketones is 1. The summed E-state index contributed by atoms with van der Waals surface area (Å²) in [5, 5.41) is 14.2. The van der Waals surface area contributed by atoms with Gasteiger partial charge in [0.1, 0.15) is 0 Å². The van der Waals surface area contributed by atoms with Crippen molar-refractivity contribution < 1.29 is 9.72 Å². The molecule has 0 radical (unpaired) electrons. The van der Waals surface area contributed by atoms with Crippen molar-refractivity contribution in [1.29, 1.82) is 0 Å². The molecule has 0 saturated heterocycles. The molecule has 0 aromatic heterocycles. The van der Waals surface area contributed by atoms with Gasteiger partial charge in [0.25, 0.3) is 0 Å². The number of hydrogen-bond donors (Lipinski definition) is 0. The maximum atomic E-state index is 13.3. The number of rotatable bonds is 3. The standard InChI is InChI=1S/C21H18N2O3/c1-22-14-21(23(25)26,20(24)16-7-3-2-4-8-16)13-17-11-5-9-15-10-6-12-18(22)19(15)17/h2-12H,13-14H2,1H3. The molecule has 1 unspecified atom stereocenters. The predicted molar refractivity (Wildman–Crippen MR) is 101 cm³/mol. The third-order valence-corrected chi connectivity index (χ3v) is 5.17. The van der Waals surface area contributed by atoms with Crippen LogP contribution in [0.15, 0.2) is 66.7 Å². The Labute approximate surface area is 151 Å². The van der Waals surface area contributed by atoms with Crippen LogP contribution in [-0.2, 0) is 6.42 Å². The monoisotopic (exact) mass is 346 g/mol. The van der Waals surface area contributed by atoms with Crippen LogP contribution in [0.1, 0.15) is 15.9 Å². The number of hydrogen-bond acceptors (Lipinski definition) is 4. The van der Waals surface area contributed by atoms with Crippen molar-refractivity contribution >= 4 is 22.2 Å². The summed E-state index contributed by atoms with van der Waals surface area (Å²) in [5.74, 6) is -0.445. The fourth-order valence-electron chi connectivity index (χ4n) is 3.93. The first-order valence-corrected chi connectivity index (χ1v) is 8.49. The summed E-state index contributed by atoms with van der Waals surface area (Å²) in [6.07, 6.45) is 0.0758. The molecule has 0 N–H and O–H groups in total. The van der Waals surface area contributed by atoms with Gasteiger partial charge in [-0.2, -0.15) is 0 Å². The summed E-state index contributed by atoms with van der Waals surface area (Å²) in [6.45, 7) is 0.0293. The quantitative estimate of drug-likeness (QED) is 0.412. The Hall–Kier alpha value is -3.21. The number of benzene rings is 3. The molecule has 0 amide bonds. The van der Waals surface area contributed by atoms with Gasteiger partial charge in [-0.15, -0.1) is 0 Å². The lowest BCUT2D eigenvalue weighted by atomic mass is 9.83. The Kier molecular flexibility index (Phi) is 3.72. The Morgan fingerprint density at radius 2 is 1.73 bits per heavy atom. The van der Waals surface area contributed by atoms with Crippen molar-refractivity contribution in [3.05, 3.63) is 88.0 Å². The summed E-state index contributed by atoms with van der Waals surface area (Å²) in [5.41, 5.74) is 0.408. The Morgan fingerprint density at radius 3 is 2.42 bits per heavy atom. The van der Waals surface area contributed by atoms with E-state index in [0.29, 0.717) is 5.56 Å². The van der Waals surface area contributed by atoms with Gasteiger partial charge in [-0.3, -0.25) is 14.9 Å². The fraction of sp³-hybridized carbons (Fsp3) is 0.190. The number of carbonyl (C=O) groups is 1. The van der Waals surface area contributed by atoms with E-state index in [1.165, 1.54) is 0 Å². The third kappa shape index (κ3) is 2.36. The van der Waals surface area contributed by atoms with E-state index in [4.69, 9.17) is 0 Å². The van der Waals surface area contributed by atoms with Crippen LogP contribution >= 0.6 is 0 Å². The van der Waals surface area contributed by atoms with E-state index < -0.39 is 16.2 Å². The van der Waals surface area contributed by atoms with Crippen LogP contribution in [0.2, 0.25) is 0 Å². The molecular weight excluding hydrogens is 328 g/mol. The average molecular weight is 346 g/mol. The van der Waals surface area contributed by atoms with E-state index in [9.17, 15) is 14.9 Å². The molecular formula is C21H18N2O3. The summed E-state index contributed by atoms with van der Waals surface area (Å²) < 4.78 is 0. The van der Waals surface area contributed by atoms with Crippen LogP contribution in [0.25, 0.3) is 10.8 Å². The number of likely N-dealkylation sites (N-methyl/N-ethyl adjacent to an activating group) is 1. The minimum atomic E-state index is -1.72. The molecule has 0 aliphatic carbocycles. The highest BCUT2D eigenvalue weighted by molar-refractivity contribution is 6.05. The summed E-state index contributed by atoms with van der Waals surface area (Å²) in [6, 6.07) is 20.2. The molecule has 0 fully saturated rings. The van der Waals surface area contributed by atoms with Crippen LogP contribution in [0.4, 0.5) is 5.69 Å². The lowest BCUT2D eigenvalue weighted by Crippen LogP contribution is -2.55. The lowest BCUT2D eigenvalue weighted by Gasteiger charge is -2.27. The molecule has 5 heteroatoms. The van der Waals surface area contributed by atoms with Gasteiger partial charge < -0.3 is 4.90 Å². The molecule has 130 valence electrons. The van der Waals surface area contributed by atoms with Gasteiger partial charge in [-0.05, 0) is 17.0 Å². The minimum Gasteiger partial charge on any atom is -0.366 e. The van der Waals surface area contributed by atoms with E-state index in [1.54, 1.807) is 30.3 Å². The maximum Gasteiger partial charge on any atom is 0.304 e. The largest absolute Gasteiger partial charge is 0.366 e. The van der Waals surface area contributed by atoms with E-state index in [1.807, 2.05) is 48.3 Å². The topological polar surface area (TPSA) is 63.5 Å². The van der Waals surface area contributed by atoms with E-state index in [-0.39, 0.29) is 13.0 Å². The summed E-state index contributed by atoms with van der Waals surface area (Å²) >= 11 is 0. The van der Waals surface area contributed by atoms with Crippen molar-refractivity contribution in [1.82, 2.24) is 0 Å². The molecule has 1 heterocycles. The molecule has 26 heavy (non-hydrogen) atoms. The van der Waals surface area contributed by atoms with Crippen LogP contribution in [-0.4, -0.2) is 29.8 Å². The molecule has 0 saturated carbocycles. The van der Waals surface area contributed by atoms with Crippen molar-refractivity contribution in [3.8, 4) is 0 Å². The maximum absolute atomic E-state index is 13.3. The molecule has 1 aliphatic rings. The number of carbonyl (C=O) groups excluding carboxylic acids is 1. The highest BCUT2D eigenvalue weighted by Gasteiger charge is 2.53. The van der Waals surface area contributed by atoms with Crippen LogP contribution < -0.4 is 4.90 Å². The van der Waals surface area contributed by atoms with Crippen LogP contribution in [0.5, 0.6) is 0 Å². The minimum absolute atomic E-state index is 0.0293. The number of nitrogens with zero attached hydrogens (tertiary/aromatic N) is 2. The molecule has 5 nitrogen and oxygen atoms in total. The lowest BCUT2D eigenvalue weighted by molar-refractivity contribution is -0.546. The number of Topliss-reactive ketones (excluding diaryl/α,β-unsaturated/α-hetero) is 1. The molecule has 0 bridgehead atoms. The highest BCUT2D eigenvalue weighted by Crippen LogP contribution is 2.37. The second-order valence-corrected chi connectivity index (χ2v) is 6.81. The molecule has 1 atom stereocenters. The molecule has 1 aliphatic heterocycles. The van der Waals surface area contributed by atoms with Gasteiger partial charge in [-0.25, -0.2) is 0 Å². The smallest absolute Gasteiger partial charge is 0.304 e. The molecule has 3 aromatic carbocycles. The third-order valence-electron chi connectivity index (χ3n) is 5.17. The predicted octanol–water partition coefficient (Wildman–Crippen LogP) is 3.73. The Bertz CT molecular complexity index is 1010.